The van der Waals surface area contributed by atoms with E-state index in [1.165, 1.54) is 12.4 Å². The molecule has 1 aliphatic heterocycles. The van der Waals surface area contributed by atoms with Crippen LogP contribution in [-0.4, -0.2) is 59.1 Å². The zero-order chi connectivity index (χ0) is 13.1. The second-order valence-electron chi connectivity index (χ2n) is 4.34. The zero-order valence-corrected chi connectivity index (χ0v) is 10.2. The van der Waals surface area contributed by atoms with Gasteiger partial charge in [-0.2, -0.15) is 0 Å². The summed E-state index contributed by atoms with van der Waals surface area (Å²) in [5, 5.41) is 10.5. The lowest BCUT2D eigenvalue weighted by Crippen LogP contribution is -2.55. The third kappa shape index (κ3) is 2.54. The number of hydrogen-bond donors (Lipinski definition) is 1. The highest BCUT2D eigenvalue weighted by atomic mass is 16.6. The molecule has 1 aromatic rings. The first-order valence-corrected chi connectivity index (χ1v) is 5.73. The predicted octanol–water partition coefficient (Wildman–Crippen LogP) is -0.536. The summed E-state index contributed by atoms with van der Waals surface area (Å²) in [4.78, 5) is 22.3. The van der Waals surface area contributed by atoms with E-state index in [0.717, 1.165) is 19.6 Å². The Hall–Kier alpha value is -1.80. The molecule has 1 unspecified atom stereocenters. The van der Waals surface area contributed by atoms with Crippen molar-refractivity contribution in [3.8, 4) is 0 Å². The van der Waals surface area contributed by atoms with E-state index in [1.807, 2.05) is 11.9 Å². The highest BCUT2D eigenvalue weighted by Crippen LogP contribution is 2.17. The maximum atomic E-state index is 10.5. The van der Waals surface area contributed by atoms with E-state index in [2.05, 4.69) is 14.9 Å². The van der Waals surface area contributed by atoms with E-state index in [4.69, 9.17) is 5.73 Å². The molecule has 8 nitrogen and oxygen atoms in total. The van der Waals surface area contributed by atoms with Gasteiger partial charge in [-0.3, -0.25) is 10.1 Å². The second-order valence-corrected chi connectivity index (χ2v) is 4.34. The molecule has 98 valence electrons. The number of hydrogen-bond acceptors (Lipinski definition) is 7. The molecular weight excluding hydrogens is 236 g/mol. The highest BCUT2D eigenvalue weighted by Gasteiger charge is 2.26. The lowest BCUT2D eigenvalue weighted by Gasteiger charge is -2.39. The Morgan fingerprint density at radius 3 is 2.72 bits per heavy atom. The lowest BCUT2D eigenvalue weighted by molar-refractivity contribution is -0.385. The molecule has 1 saturated heterocycles. The van der Waals surface area contributed by atoms with E-state index in [-0.39, 0.29) is 11.7 Å². The van der Waals surface area contributed by atoms with Crippen LogP contribution in [0.3, 0.4) is 0 Å². The Balaban J connectivity index is 2.17. The average Bonchev–Trinajstić information content (AvgIpc) is 2.38. The SMILES string of the molecule is CN1CCN(c2ncc([N+](=O)[O-])cn2)C(CN)C1. The van der Waals surface area contributed by atoms with E-state index < -0.39 is 4.92 Å². The summed E-state index contributed by atoms with van der Waals surface area (Å²) in [6.45, 7) is 3.02. The van der Waals surface area contributed by atoms with Crippen LogP contribution < -0.4 is 10.6 Å². The van der Waals surface area contributed by atoms with Gasteiger partial charge >= 0.3 is 5.69 Å². The zero-order valence-electron chi connectivity index (χ0n) is 10.2. The summed E-state index contributed by atoms with van der Waals surface area (Å²) in [7, 11) is 2.04. The smallest absolute Gasteiger partial charge is 0.305 e. The fourth-order valence-corrected chi connectivity index (χ4v) is 2.03. The molecule has 1 atom stereocenters. The fourth-order valence-electron chi connectivity index (χ4n) is 2.03. The van der Waals surface area contributed by atoms with Crippen molar-refractivity contribution in [3.05, 3.63) is 22.5 Å². The maximum absolute atomic E-state index is 10.5. The van der Waals surface area contributed by atoms with Crippen molar-refractivity contribution in [2.24, 2.45) is 5.73 Å². The number of likely N-dealkylation sites (N-methyl/N-ethyl adjacent to an activating group) is 1. The highest BCUT2D eigenvalue weighted by molar-refractivity contribution is 5.36. The lowest BCUT2D eigenvalue weighted by atomic mass is 10.2. The van der Waals surface area contributed by atoms with E-state index in [1.54, 1.807) is 0 Å². The van der Waals surface area contributed by atoms with Gasteiger partial charge in [0.1, 0.15) is 12.4 Å². The van der Waals surface area contributed by atoms with Gasteiger partial charge in [0.2, 0.25) is 5.95 Å². The summed E-state index contributed by atoms with van der Waals surface area (Å²) in [5.41, 5.74) is 5.64. The van der Waals surface area contributed by atoms with Crippen molar-refractivity contribution in [1.29, 1.82) is 0 Å². The molecule has 18 heavy (non-hydrogen) atoms. The first-order valence-electron chi connectivity index (χ1n) is 5.73. The topological polar surface area (TPSA) is 101 Å². The van der Waals surface area contributed by atoms with Crippen LogP contribution in [0.25, 0.3) is 0 Å². The minimum atomic E-state index is -0.506. The van der Waals surface area contributed by atoms with Gasteiger partial charge in [-0.25, -0.2) is 9.97 Å². The molecule has 0 saturated carbocycles. The molecule has 0 radical (unpaired) electrons. The van der Waals surface area contributed by atoms with Gasteiger partial charge in [-0.15, -0.1) is 0 Å². The molecule has 2 N–H and O–H groups in total. The fraction of sp³-hybridized carbons (Fsp3) is 0.600. The number of anilines is 1. The van der Waals surface area contributed by atoms with Crippen LogP contribution in [0.2, 0.25) is 0 Å². The van der Waals surface area contributed by atoms with Gasteiger partial charge in [-0.05, 0) is 7.05 Å². The molecule has 2 rings (SSSR count). The van der Waals surface area contributed by atoms with Crippen molar-refractivity contribution in [2.45, 2.75) is 6.04 Å². The van der Waals surface area contributed by atoms with Gasteiger partial charge in [0.15, 0.2) is 0 Å². The predicted molar refractivity (Wildman–Crippen MR) is 66.4 cm³/mol. The number of rotatable bonds is 3. The van der Waals surface area contributed by atoms with Crippen LogP contribution in [0, 0.1) is 10.1 Å². The van der Waals surface area contributed by atoms with Crippen LogP contribution in [0.5, 0.6) is 0 Å². The monoisotopic (exact) mass is 252 g/mol. The average molecular weight is 252 g/mol. The van der Waals surface area contributed by atoms with Crippen LogP contribution in [-0.2, 0) is 0 Å². The number of nitrogens with zero attached hydrogens (tertiary/aromatic N) is 5. The summed E-state index contributed by atoms with van der Waals surface area (Å²) in [6, 6.07) is 0.144. The molecular formula is C10H16N6O2. The molecule has 0 aromatic carbocycles. The molecule has 1 aromatic heterocycles. The molecule has 0 amide bonds. The summed E-state index contributed by atoms with van der Waals surface area (Å²) in [6.07, 6.45) is 2.46. The molecule has 8 heteroatoms. The van der Waals surface area contributed by atoms with Crippen LogP contribution >= 0.6 is 0 Å². The number of aromatic nitrogens is 2. The second kappa shape index (κ2) is 5.23. The summed E-state index contributed by atoms with van der Waals surface area (Å²) >= 11 is 0. The van der Waals surface area contributed by atoms with Crippen molar-refractivity contribution >= 4 is 11.6 Å². The minimum absolute atomic E-state index is 0.0998. The van der Waals surface area contributed by atoms with E-state index in [0.29, 0.717) is 12.5 Å². The number of piperazine rings is 1. The first kappa shape index (κ1) is 12.7. The Labute approximate surface area is 105 Å². The van der Waals surface area contributed by atoms with Gasteiger partial charge < -0.3 is 15.5 Å². The van der Waals surface area contributed by atoms with Crippen molar-refractivity contribution < 1.29 is 4.92 Å². The normalized spacial score (nSPS) is 21.0. The Kier molecular flexibility index (Phi) is 3.68. The Morgan fingerprint density at radius 1 is 1.50 bits per heavy atom. The van der Waals surface area contributed by atoms with Gasteiger partial charge in [0.25, 0.3) is 0 Å². The van der Waals surface area contributed by atoms with Gasteiger partial charge in [-0.1, -0.05) is 0 Å². The van der Waals surface area contributed by atoms with E-state index in [9.17, 15) is 10.1 Å². The van der Waals surface area contributed by atoms with Gasteiger partial charge in [0.05, 0.1) is 11.0 Å². The minimum Gasteiger partial charge on any atom is -0.334 e. The molecule has 0 spiro atoms. The van der Waals surface area contributed by atoms with E-state index >= 15 is 0 Å². The van der Waals surface area contributed by atoms with Crippen molar-refractivity contribution in [3.63, 3.8) is 0 Å². The third-order valence-corrected chi connectivity index (χ3v) is 3.05. The van der Waals surface area contributed by atoms with Crippen molar-refractivity contribution in [1.82, 2.24) is 14.9 Å². The van der Waals surface area contributed by atoms with Crippen LogP contribution in [0.15, 0.2) is 12.4 Å². The Morgan fingerprint density at radius 2 is 2.17 bits per heavy atom. The molecule has 2 heterocycles. The first-order chi connectivity index (χ1) is 8.61. The maximum Gasteiger partial charge on any atom is 0.305 e. The van der Waals surface area contributed by atoms with Gasteiger partial charge in [0, 0.05) is 26.2 Å². The molecule has 0 bridgehead atoms. The van der Waals surface area contributed by atoms with Crippen molar-refractivity contribution in [2.75, 3.05) is 38.1 Å². The summed E-state index contributed by atoms with van der Waals surface area (Å²) < 4.78 is 0. The number of nitrogens with two attached hydrogens (primary N) is 1. The van der Waals surface area contributed by atoms with Crippen LogP contribution in [0.4, 0.5) is 11.6 Å². The van der Waals surface area contributed by atoms with Crippen LogP contribution in [0.1, 0.15) is 0 Å². The number of nitro groups is 1. The standard InChI is InChI=1S/C10H16N6O2/c1-14-2-3-15(8(4-11)7-14)10-12-5-9(6-13-10)16(17)18/h5-6,8H,2-4,7,11H2,1H3. The molecule has 1 aliphatic rings. The quantitative estimate of drug-likeness (QED) is 0.569. The molecule has 1 fully saturated rings. The summed E-state index contributed by atoms with van der Waals surface area (Å²) in [5.74, 6) is 0.504. The largest absolute Gasteiger partial charge is 0.334 e. The Bertz CT molecular complexity index is 423. The third-order valence-electron chi connectivity index (χ3n) is 3.05. The molecule has 0 aliphatic carbocycles.